The third-order valence-corrected chi connectivity index (χ3v) is 3.62. The fourth-order valence-electron chi connectivity index (χ4n) is 2.15. The summed E-state index contributed by atoms with van der Waals surface area (Å²) in [5, 5.41) is 0. The van der Waals surface area contributed by atoms with Gasteiger partial charge in [-0.1, -0.05) is 35.9 Å². The molecule has 2 rings (SSSR count). The number of rotatable bonds is 1. The monoisotopic (exact) mass is 200 g/mol. The van der Waals surface area contributed by atoms with E-state index in [2.05, 4.69) is 25.1 Å². The number of hydrogen-bond acceptors (Lipinski definition) is 1. The lowest BCUT2D eigenvalue weighted by Crippen LogP contribution is -2.31. The highest BCUT2D eigenvalue weighted by atomic mass is 16.1. The average molecular weight is 200 g/mol. The Bertz CT molecular complexity index is 442. The van der Waals surface area contributed by atoms with Gasteiger partial charge in [-0.3, -0.25) is 4.79 Å². The molecule has 0 saturated carbocycles. The number of carbonyl (C=O) groups excluding carboxylic acids is 1. The molecule has 1 aromatic carbocycles. The van der Waals surface area contributed by atoms with Gasteiger partial charge >= 0.3 is 0 Å². The SMILES string of the molecule is CC(=O)C1(C)Cc2ccccc2C=C1C. The molecule has 0 fully saturated rings. The number of benzene rings is 1. The van der Waals surface area contributed by atoms with Crippen LogP contribution in [0.1, 0.15) is 31.9 Å². The number of hydrogen-bond donors (Lipinski definition) is 0. The van der Waals surface area contributed by atoms with Crippen molar-refractivity contribution in [3.05, 3.63) is 41.0 Å². The lowest BCUT2D eigenvalue weighted by molar-refractivity contribution is -0.123. The van der Waals surface area contributed by atoms with Crippen molar-refractivity contribution in [2.24, 2.45) is 5.41 Å². The van der Waals surface area contributed by atoms with E-state index in [0.717, 1.165) is 6.42 Å². The zero-order valence-corrected chi connectivity index (χ0v) is 9.50. The molecule has 0 radical (unpaired) electrons. The fourth-order valence-corrected chi connectivity index (χ4v) is 2.15. The predicted molar refractivity (Wildman–Crippen MR) is 62.6 cm³/mol. The van der Waals surface area contributed by atoms with Gasteiger partial charge in [-0.05, 0) is 38.3 Å². The Morgan fingerprint density at radius 2 is 2.00 bits per heavy atom. The Labute approximate surface area is 90.8 Å². The Morgan fingerprint density at radius 3 is 2.67 bits per heavy atom. The highest BCUT2D eigenvalue weighted by Gasteiger charge is 2.34. The molecule has 0 heterocycles. The van der Waals surface area contributed by atoms with Crippen LogP contribution in [0.3, 0.4) is 0 Å². The van der Waals surface area contributed by atoms with Crippen LogP contribution < -0.4 is 0 Å². The summed E-state index contributed by atoms with van der Waals surface area (Å²) in [6.07, 6.45) is 2.97. The van der Waals surface area contributed by atoms with Crippen molar-refractivity contribution in [2.45, 2.75) is 27.2 Å². The Hall–Kier alpha value is -1.37. The van der Waals surface area contributed by atoms with E-state index in [1.54, 1.807) is 6.92 Å². The first-order valence-electron chi connectivity index (χ1n) is 5.32. The zero-order chi connectivity index (χ0) is 11.1. The van der Waals surface area contributed by atoms with E-state index in [4.69, 9.17) is 0 Å². The van der Waals surface area contributed by atoms with Crippen LogP contribution in [-0.2, 0) is 11.2 Å². The van der Waals surface area contributed by atoms with Gasteiger partial charge in [-0.25, -0.2) is 0 Å². The van der Waals surface area contributed by atoms with E-state index in [9.17, 15) is 4.79 Å². The summed E-state index contributed by atoms with van der Waals surface area (Å²) in [5.74, 6) is 0.255. The zero-order valence-electron chi connectivity index (χ0n) is 9.50. The first kappa shape index (κ1) is 10.2. The van der Waals surface area contributed by atoms with Gasteiger partial charge in [-0.15, -0.1) is 0 Å². The third kappa shape index (κ3) is 1.52. The van der Waals surface area contributed by atoms with E-state index < -0.39 is 0 Å². The smallest absolute Gasteiger partial charge is 0.140 e. The quantitative estimate of drug-likeness (QED) is 0.680. The lowest BCUT2D eigenvalue weighted by Gasteiger charge is -2.32. The van der Waals surface area contributed by atoms with Crippen molar-refractivity contribution in [2.75, 3.05) is 0 Å². The van der Waals surface area contributed by atoms with Crippen LogP contribution in [0.4, 0.5) is 0 Å². The van der Waals surface area contributed by atoms with Gasteiger partial charge in [0, 0.05) is 0 Å². The Balaban J connectivity index is 2.53. The number of carbonyl (C=O) groups is 1. The summed E-state index contributed by atoms with van der Waals surface area (Å²) in [6.45, 7) is 5.78. The number of Topliss-reactive ketones (excluding diaryl/α,β-unsaturated/α-hetero) is 1. The molecule has 1 atom stereocenters. The van der Waals surface area contributed by atoms with Crippen molar-refractivity contribution in [3.63, 3.8) is 0 Å². The highest BCUT2D eigenvalue weighted by molar-refractivity contribution is 5.88. The van der Waals surface area contributed by atoms with Gasteiger partial charge in [0.1, 0.15) is 5.78 Å². The van der Waals surface area contributed by atoms with Gasteiger partial charge in [0.05, 0.1) is 5.41 Å². The fraction of sp³-hybridized carbons (Fsp3) is 0.357. The van der Waals surface area contributed by atoms with E-state index >= 15 is 0 Å². The molecule has 1 nitrogen and oxygen atoms in total. The molecule has 0 saturated heterocycles. The minimum atomic E-state index is -0.297. The Morgan fingerprint density at radius 1 is 1.33 bits per heavy atom. The van der Waals surface area contributed by atoms with Gasteiger partial charge in [0.25, 0.3) is 0 Å². The number of fused-ring (bicyclic) bond motifs is 1. The normalized spacial score (nSPS) is 24.3. The molecule has 0 aliphatic heterocycles. The van der Waals surface area contributed by atoms with Gasteiger partial charge in [0.2, 0.25) is 0 Å². The van der Waals surface area contributed by atoms with Crippen molar-refractivity contribution < 1.29 is 4.79 Å². The molecule has 1 aromatic rings. The minimum Gasteiger partial charge on any atom is -0.299 e. The van der Waals surface area contributed by atoms with Crippen molar-refractivity contribution in [1.82, 2.24) is 0 Å². The average Bonchev–Trinajstić information content (AvgIpc) is 2.19. The van der Waals surface area contributed by atoms with Gasteiger partial charge in [0.15, 0.2) is 0 Å². The van der Waals surface area contributed by atoms with Crippen molar-refractivity contribution in [3.8, 4) is 0 Å². The van der Waals surface area contributed by atoms with Gasteiger partial charge < -0.3 is 0 Å². The largest absolute Gasteiger partial charge is 0.299 e. The summed E-state index contributed by atoms with van der Waals surface area (Å²) in [5.41, 5.74) is 3.41. The summed E-state index contributed by atoms with van der Waals surface area (Å²) >= 11 is 0. The van der Waals surface area contributed by atoms with Crippen LogP contribution in [0.5, 0.6) is 0 Å². The maximum absolute atomic E-state index is 11.7. The highest BCUT2D eigenvalue weighted by Crippen LogP contribution is 2.38. The molecule has 1 heteroatoms. The van der Waals surface area contributed by atoms with Crippen LogP contribution in [-0.4, -0.2) is 5.78 Å². The van der Waals surface area contributed by atoms with Crippen molar-refractivity contribution >= 4 is 11.9 Å². The van der Waals surface area contributed by atoms with Crippen LogP contribution >= 0.6 is 0 Å². The predicted octanol–water partition coefficient (Wildman–Crippen LogP) is 3.24. The molecule has 0 spiro atoms. The molecule has 15 heavy (non-hydrogen) atoms. The molecule has 1 unspecified atom stereocenters. The summed E-state index contributed by atoms with van der Waals surface area (Å²) < 4.78 is 0. The number of allylic oxidation sites excluding steroid dienone is 1. The van der Waals surface area contributed by atoms with Crippen LogP contribution in [0.2, 0.25) is 0 Å². The summed E-state index contributed by atoms with van der Waals surface area (Å²) in [7, 11) is 0. The second kappa shape index (κ2) is 3.34. The van der Waals surface area contributed by atoms with Crippen LogP contribution in [0.15, 0.2) is 29.8 Å². The lowest BCUT2D eigenvalue weighted by atomic mass is 9.70. The second-order valence-corrected chi connectivity index (χ2v) is 4.59. The van der Waals surface area contributed by atoms with Crippen LogP contribution in [0.25, 0.3) is 6.08 Å². The molecule has 0 aromatic heterocycles. The molecule has 0 amide bonds. The standard InChI is InChI=1S/C14H16O/c1-10-8-12-6-4-5-7-13(12)9-14(10,3)11(2)15/h4-8H,9H2,1-3H3. The molecule has 0 N–H and O–H groups in total. The van der Waals surface area contributed by atoms with E-state index in [1.807, 2.05) is 19.1 Å². The van der Waals surface area contributed by atoms with Crippen molar-refractivity contribution in [1.29, 1.82) is 0 Å². The molecule has 1 aliphatic rings. The topological polar surface area (TPSA) is 17.1 Å². The summed E-state index contributed by atoms with van der Waals surface area (Å²) in [6, 6.07) is 8.30. The van der Waals surface area contributed by atoms with Crippen LogP contribution in [0, 0.1) is 5.41 Å². The molecule has 1 aliphatic carbocycles. The summed E-state index contributed by atoms with van der Waals surface area (Å²) in [4.78, 5) is 11.7. The van der Waals surface area contributed by atoms with E-state index in [1.165, 1.54) is 16.7 Å². The van der Waals surface area contributed by atoms with E-state index in [-0.39, 0.29) is 11.2 Å². The number of ketones is 1. The first-order chi connectivity index (χ1) is 7.04. The molecular weight excluding hydrogens is 184 g/mol. The maximum Gasteiger partial charge on any atom is 0.140 e. The van der Waals surface area contributed by atoms with E-state index in [0.29, 0.717) is 0 Å². The molecule has 0 bridgehead atoms. The Kier molecular flexibility index (Phi) is 2.26. The first-order valence-corrected chi connectivity index (χ1v) is 5.32. The maximum atomic E-state index is 11.7. The van der Waals surface area contributed by atoms with Gasteiger partial charge in [-0.2, -0.15) is 0 Å². The minimum absolute atomic E-state index is 0.255. The third-order valence-electron chi connectivity index (χ3n) is 3.62. The molecular formula is C14H16O. The second-order valence-electron chi connectivity index (χ2n) is 4.59. The molecule has 78 valence electrons.